The second-order valence-electron chi connectivity index (χ2n) is 5.30. The number of unbranched alkanes of at least 4 members (excludes halogenated alkanes) is 1. The first-order valence-electron chi connectivity index (χ1n) is 7.38. The lowest BCUT2D eigenvalue weighted by Gasteiger charge is -2.08. The standard InChI is InChI=1S/C17H20N4/c1-13-11-15-17(19-12-13)21(10-6-5-9-18)16(20-15)14-7-3-2-4-8-14/h2-4,7-8,11-12H,5-6,9-10,18H2,1H3. The molecule has 0 fully saturated rings. The highest BCUT2D eigenvalue weighted by molar-refractivity contribution is 5.77. The SMILES string of the molecule is Cc1cnc2c(c1)nc(-c1ccccc1)n2CCCCN. The van der Waals surface area contributed by atoms with Gasteiger partial charge in [-0.3, -0.25) is 0 Å². The molecule has 1 aromatic carbocycles. The number of imidazole rings is 1. The van der Waals surface area contributed by atoms with Crippen LogP contribution in [0.4, 0.5) is 0 Å². The van der Waals surface area contributed by atoms with E-state index >= 15 is 0 Å². The quantitative estimate of drug-likeness (QED) is 0.730. The fraction of sp³-hybridized carbons (Fsp3) is 0.294. The van der Waals surface area contributed by atoms with E-state index in [1.54, 1.807) is 0 Å². The normalized spacial score (nSPS) is 11.1. The van der Waals surface area contributed by atoms with Crippen molar-refractivity contribution in [2.24, 2.45) is 5.73 Å². The van der Waals surface area contributed by atoms with Crippen molar-refractivity contribution in [3.8, 4) is 11.4 Å². The molecule has 21 heavy (non-hydrogen) atoms. The summed E-state index contributed by atoms with van der Waals surface area (Å²) in [6, 6.07) is 12.4. The smallest absolute Gasteiger partial charge is 0.160 e. The van der Waals surface area contributed by atoms with Crippen LogP contribution < -0.4 is 5.73 Å². The molecule has 0 aliphatic heterocycles. The maximum Gasteiger partial charge on any atom is 0.160 e. The van der Waals surface area contributed by atoms with E-state index in [4.69, 9.17) is 10.7 Å². The third-order valence-electron chi connectivity index (χ3n) is 3.59. The van der Waals surface area contributed by atoms with Crippen molar-refractivity contribution >= 4 is 11.2 Å². The lowest BCUT2D eigenvalue weighted by atomic mass is 10.2. The van der Waals surface area contributed by atoms with Gasteiger partial charge < -0.3 is 10.3 Å². The summed E-state index contributed by atoms with van der Waals surface area (Å²) in [5.41, 5.74) is 9.78. The van der Waals surface area contributed by atoms with Gasteiger partial charge in [0.15, 0.2) is 5.65 Å². The molecule has 0 radical (unpaired) electrons. The zero-order valence-corrected chi connectivity index (χ0v) is 12.3. The maximum absolute atomic E-state index is 5.61. The molecule has 3 rings (SSSR count). The van der Waals surface area contributed by atoms with Crippen LogP contribution in [0.2, 0.25) is 0 Å². The van der Waals surface area contributed by atoms with E-state index in [9.17, 15) is 0 Å². The van der Waals surface area contributed by atoms with Gasteiger partial charge in [0, 0.05) is 18.3 Å². The predicted octanol–water partition coefficient (Wildman–Crippen LogP) is 3.15. The summed E-state index contributed by atoms with van der Waals surface area (Å²) in [4.78, 5) is 9.37. The van der Waals surface area contributed by atoms with Crippen molar-refractivity contribution in [1.82, 2.24) is 14.5 Å². The first-order valence-corrected chi connectivity index (χ1v) is 7.38. The Hall–Kier alpha value is -2.20. The second-order valence-corrected chi connectivity index (χ2v) is 5.30. The maximum atomic E-state index is 5.61. The molecule has 3 aromatic rings. The van der Waals surface area contributed by atoms with Crippen LogP contribution in [0.3, 0.4) is 0 Å². The average Bonchev–Trinajstić information content (AvgIpc) is 2.86. The zero-order chi connectivity index (χ0) is 14.7. The number of pyridine rings is 1. The van der Waals surface area contributed by atoms with Gasteiger partial charge in [0.2, 0.25) is 0 Å². The fourth-order valence-electron chi connectivity index (χ4n) is 2.55. The van der Waals surface area contributed by atoms with Crippen LogP contribution in [0.5, 0.6) is 0 Å². The number of nitrogens with zero attached hydrogens (tertiary/aromatic N) is 3. The Morgan fingerprint density at radius 2 is 1.95 bits per heavy atom. The molecule has 0 amide bonds. The molecule has 2 heterocycles. The van der Waals surface area contributed by atoms with Crippen molar-refractivity contribution in [1.29, 1.82) is 0 Å². The molecule has 4 heteroatoms. The van der Waals surface area contributed by atoms with Gasteiger partial charge >= 0.3 is 0 Å². The molecule has 2 N–H and O–H groups in total. The summed E-state index contributed by atoms with van der Waals surface area (Å²) in [5.74, 6) is 0.987. The highest BCUT2D eigenvalue weighted by Crippen LogP contribution is 2.24. The predicted molar refractivity (Wildman–Crippen MR) is 86.0 cm³/mol. The molecule has 4 nitrogen and oxygen atoms in total. The summed E-state index contributed by atoms with van der Waals surface area (Å²) in [5, 5.41) is 0. The fourth-order valence-corrected chi connectivity index (χ4v) is 2.55. The van der Waals surface area contributed by atoms with Gasteiger partial charge in [0.1, 0.15) is 11.3 Å². The molecule has 0 aliphatic rings. The van der Waals surface area contributed by atoms with Crippen molar-refractivity contribution in [3.63, 3.8) is 0 Å². The number of benzene rings is 1. The van der Waals surface area contributed by atoms with E-state index < -0.39 is 0 Å². The summed E-state index contributed by atoms with van der Waals surface area (Å²) in [7, 11) is 0. The van der Waals surface area contributed by atoms with E-state index in [0.717, 1.165) is 54.0 Å². The topological polar surface area (TPSA) is 56.7 Å². The Morgan fingerprint density at radius 1 is 1.14 bits per heavy atom. The van der Waals surface area contributed by atoms with Gasteiger partial charge in [-0.15, -0.1) is 0 Å². The minimum absolute atomic E-state index is 0.722. The lowest BCUT2D eigenvalue weighted by Crippen LogP contribution is -2.05. The summed E-state index contributed by atoms with van der Waals surface area (Å²) in [6.45, 7) is 3.66. The molecular weight excluding hydrogens is 260 g/mol. The minimum Gasteiger partial charge on any atom is -0.330 e. The molecule has 0 bridgehead atoms. The van der Waals surface area contributed by atoms with Gasteiger partial charge in [-0.1, -0.05) is 30.3 Å². The van der Waals surface area contributed by atoms with Crippen LogP contribution in [-0.4, -0.2) is 21.1 Å². The Labute approximate surface area is 124 Å². The van der Waals surface area contributed by atoms with Crippen LogP contribution in [0, 0.1) is 6.92 Å². The number of nitrogens with two attached hydrogens (primary N) is 1. The third-order valence-corrected chi connectivity index (χ3v) is 3.59. The van der Waals surface area contributed by atoms with Crippen LogP contribution in [0.1, 0.15) is 18.4 Å². The van der Waals surface area contributed by atoms with Crippen LogP contribution >= 0.6 is 0 Å². The Balaban J connectivity index is 2.10. The Kier molecular flexibility index (Phi) is 3.97. The van der Waals surface area contributed by atoms with Crippen molar-refractivity contribution in [3.05, 3.63) is 48.2 Å². The first-order chi connectivity index (χ1) is 10.3. The highest BCUT2D eigenvalue weighted by Gasteiger charge is 2.13. The van der Waals surface area contributed by atoms with E-state index in [1.807, 2.05) is 31.3 Å². The van der Waals surface area contributed by atoms with E-state index in [-0.39, 0.29) is 0 Å². The number of hydrogen-bond acceptors (Lipinski definition) is 3. The van der Waals surface area contributed by atoms with Gasteiger partial charge in [0.25, 0.3) is 0 Å². The van der Waals surface area contributed by atoms with E-state index in [0.29, 0.717) is 0 Å². The molecular formula is C17H20N4. The molecule has 0 atom stereocenters. The van der Waals surface area contributed by atoms with Crippen molar-refractivity contribution in [2.45, 2.75) is 26.3 Å². The van der Waals surface area contributed by atoms with Crippen molar-refractivity contribution in [2.75, 3.05) is 6.54 Å². The highest BCUT2D eigenvalue weighted by atomic mass is 15.1. The van der Waals surface area contributed by atoms with Gasteiger partial charge in [-0.2, -0.15) is 0 Å². The molecule has 0 saturated carbocycles. The molecule has 0 unspecified atom stereocenters. The third kappa shape index (κ3) is 2.81. The number of aromatic nitrogens is 3. The molecule has 2 aromatic heterocycles. The van der Waals surface area contributed by atoms with Gasteiger partial charge in [-0.25, -0.2) is 9.97 Å². The molecule has 108 valence electrons. The van der Waals surface area contributed by atoms with Crippen LogP contribution in [-0.2, 0) is 6.54 Å². The largest absolute Gasteiger partial charge is 0.330 e. The summed E-state index contributed by atoms with van der Waals surface area (Å²) in [6.07, 6.45) is 3.95. The number of fused-ring (bicyclic) bond motifs is 1. The van der Waals surface area contributed by atoms with Gasteiger partial charge in [-0.05, 0) is 37.9 Å². The molecule has 0 aliphatic carbocycles. The van der Waals surface area contributed by atoms with Crippen molar-refractivity contribution < 1.29 is 0 Å². The number of rotatable bonds is 5. The van der Waals surface area contributed by atoms with Crippen LogP contribution in [0.15, 0.2) is 42.6 Å². The van der Waals surface area contributed by atoms with E-state index in [2.05, 4.69) is 27.8 Å². The Bertz CT molecular complexity index is 731. The van der Waals surface area contributed by atoms with E-state index in [1.165, 1.54) is 0 Å². The first kappa shape index (κ1) is 13.8. The number of aryl methyl sites for hydroxylation is 2. The zero-order valence-electron chi connectivity index (χ0n) is 12.3. The Morgan fingerprint density at radius 3 is 2.71 bits per heavy atom. The lowest BCUT2D eigenvalue weighted by molar-refractivity contribution is 0.628. The minimum atomic E-state index is 0.722. The monoisotopic (exact) mass is 280 g/mol. The molecule has 0 spiro atoms. The summed E-state index contributed by atoms with van der Waals surface area (Å²) >= 11 is 0. The summed E-state index contributed by atoms with van der Waals surface area (Å²) < 4.78 is 2.21. The number of hydrogen-bond donors (Lipinski definition) is 1. The molecule has 0 saturated heterocycles. The van der Waals surface area contributed by atoms with Gasteiger partial charge in [0.05, 0.1) is 0 Å². The van der Waals surface area contributed by atoms with Crippen LogP contribution in [0.25, 0.3) is 22.6 Å². The average molecular weight is 280 g/mol. The second kappa shape index (κ2) is 6.06.